The van der Waals surface area contributed by atoms with E-state index in [0.29, 0.717) is 6.42 Å². The number of Topliss-reactive ketones (excluding diaryl/α,β-unsaturated/α-hetero) is 1. The van der Waals surface area contributed by atoms with Crippen molar-refractivity contribution in [3.8, 4) is 5.75 Å². The van der Waals surface area contributed by atoms with Crippen LogP contribution in [-0.2, 0) is 17.6 Å². The summed E-state index contributed by atoms with van der Waals surface area (Å²) in [6.07, 6.45) is 3.55. The first-order chi connectivity index (χ1) is 7.67. The maximum Gasteiger partial charge on any atom is 0.129 e. The van der Waals surface area contributed by atoms with Crippen LogP contribution >= 0.6 is 0 Å². The third-order valence-corrected chi connectivity index (χ3v) is 2.72. The van der Waals surface area contributed by atoms with E-state index >= 15 is 0 Å². The van der Waals surface area contributed by atoms with Crippen LogP contribution in [-0.4, -0.2) is 12.9 Å². The second-order valence-electron chi connectivity index (χ2n) is 4.06. The Kier molecular flexibility index (Phi) is 5.03. The fraction of sp³-hybridized carbons (Fsp3) is 0.500. The summed E-state index contributed by atoms with van der Waals surface area (Å²) in [5.41, 5.74) is 2.53. The number of benzene rings is 1. The number of rotatable bonds is 6. The van der Waals surface area contributed by atoms with Crippen molar-refractivity contribution in [2.45, 2.75) is 39.5 Å². The zero-order valence-electron chi connectivity index (χ0n) is 10.4. The van der Waals surface area contributed by atoms with Gasteiger partial charge in [-0.1, -0.05) is 19.1 Å². The van der Waals surface area contributed by atoms with Crippen molar-refractivity contribution in [1.82, 2.24) is 0 Å². The van der Waals surface area contributed by atoms with Gasteiger partial charge in [-0.2, -0.15) is 0 Å². The second-order valence-corrected chi connectivity index (χ2v) is 4.06. The molecule has 0 unspecified atom stereocenters. The molecule has 0 amide bonds. The highest BCUT2D eigenvalue weighted by Crippen LogP contribution is 2.21. The predicted molar refractivity (Wildman–Crippen MR) is 66.0 cm³/mol. The Bertz CT molecular complexity index is 356. The molecule has 0 aliphatic heterocycles. The molecule has 0 aliphatic carbocycles. The number of hydrogen-bond donors (Lipinski definition) is 0. The lowest BCUT2D eigenvalue weighted by Gasteiger charge is -2.08. The molecule has 2 nitrogen and oxygen atoms in total. The Labute approximate surface area is 97.6 Å². The van der Waals surface area contributed by atoms with Gasteiger partial charge in [-0.15, -0.1) is 0 Å². The topological polar surface area (TPSA) is 26.3 Å². The number of ketones is 1. The van der Waals surface area contributed by atoms with Gasteiger partial charge in [-0.05, 0) is 43.4 Å². The van der Waals surface area contributed by atoms with Crippen molar-refractivity contribution in [3.05, 3.63) is 29.3 Å². The van der Waals surface area contributed by atoms with E-state index in [0.717, 1.165) is 25.0 Å². The summed E-state index contributed by atoms with van der Waals surface area (Å²) in [4.78, 5) is 10.8. The molecule has 0 atom stereocenters. The van der Waals surface area contributed by atoms with E-state index in [2.05, 4.69) is 19.1 Å². The van der Waals surface area contributed by atoms with Crippen LogP contribution in [0.15, 0.2) is 18.2 Å². The van der Waals surface area contributed by atoms with Crippen LogP contribution < -0.4 is 4.74 Å². The smallest absolute Gasteiger partial charge is 0.129 e. The summed E-state index contributed by atoms with van der Waals surface area (Å²) in [6.45, 7) is 3.77. The van der Waals surface area contributed by atoms with Gasteiger partial charge in [0, 0.05) is 6.42 Å². The van der Waals surface area contributed by atoms with Crippen LogP contribution in [0, 0.1) is 0 Å². The van der Waals surface area contributed by atoms with E-state index in [1.54, 1.807) is 14.0 Å². The van der Waals surface area contributed by atoms with Crippen molar-refractivity contribution < 1.29 is 9.53 Å². The summed E-state index contributed by atoms with van der Waals surface area (Å²) < 4.78 is 5.28. The molecule has 2 heteroatoms. The lowest BCUT2D eigenvalue weighted by Crippen LogP contribution is -1.95. The molecular weight excluding hydrogens is 200 g/mol. The average molecular weight is 220 g/mol. The molecule has 16 heavy (non-hydrogen) atoms. The minimum absolute atomic E-state index is 0.268. The summed E-state index contributed by atoms with van der Waals surface area (Å²) in [6, 6.07) is 6.28. The molecule has 1 aromatic carbocycles. The number of hydrogen-bond acceptors (Lipinski definition) is 2. The summed E-state index contributed by atoms with van der Waals surface area (Å²) in [5.74, 6) is 1.22. The maximum absolute atomic E-state index is 10.8. The first-order valence-electron chi connectivity index (χ1n) is 5.82. The van der Waals surface area contributed by atoms with Crippen molar-refractivity contribution in [3.63, 3.8) is 0 Å². The Hall–Kier alpha value is -1.31. The Balaban J connectivity index is 2.64. The molecule has 0 aromatic heterocycles. The second kappa shape index (κ2) is 6.31. The SMILES string of the molecule is CCc1cc(CCCC(C)=O)ccc1OC. The lowest BCUT2D eigenvalue weighted by atomic mass is 10.0. The lowest BCUT2D eigenvalue weighted by molar-refractivity contribution is -0.117. The fourth-order valence-corrected chi connectivity index (χ4v) is 1.81. The molecule has 0 aliphatic rings. The zero-order valence-corrected chi connectivity index (χ0v) is 10.4. The highest BCUT2D eigenvalue weighted by molar-refractivity contribution is 5.75. The quantitative estimate of drug-likeness (QED) is 0.736. The van der Waals surface area contributed by atoms with E-state index in [4.69, 9.17) is 4.74 Å². The Morgan fingerprint density at radius 3 is 2.69 bits per heavy atom. The summed E-state index contributed by atoms with van der Waals surface area (Å²) in [7, 11) is 1.70. The van der Waals surface area contributed by atoms with Crippen LogP contribution in [0.1, 0.15) is 37.8 Å². The van der Waals surface area contributed by atoms with Gasteiger partial charge in [-0.25, -0.2) is 0 Å². The highest BCUT2D eigenvalue weighted by atomic mass is 16.5. The van der Waals surface area contributed by atoms with Gasteiger partial charge in [0.2, 0.25) is 0 Å². The van der Waals surface area contributed by atoms with E-state index in [1.165, 1.54) is 11.1 Å². The van der Waals surface area contributed by atoms with Gasteiger partial charge in [0.05, 0.1) is 7.11 Å². The van der Waals surface area contributed by atoms with Gasteiger partial charge in [-0.3, -0.25) is 0 Å². The predicted octanol–water partition coefficient (Wildman–Crippen LogP) is 3.17. The summed E-state index contributed by atoms with van der Waals surface area (Å²) >= 11 is 0. The van der Waals surface area contributed by atoms with Crippen LogP contribution in [0.5, 0.6) is 5.75 Å². The molecule has 0 N–H and O–H groups in total. The number of aryl methyl sites for hydroxylation is 2. The van der Waals surface area contributed by atoms with Crippen LogP contribution in [0.2, 0.25) is 0 Å². The average Bonchev–Trinajstić information content (AvgIpc) is 2.28. The molecule has 0 saturated heterocycles. The van der Waals surface area contributed by atoms with Crippen LogP contribution in [0.4, 0.5) is 0 Å². The van der Waals surface area contributed by atoms with Gasteiger partial charge in [0.15, 0.2) is 0 Å². The first-order valence-corrected chi connectivity index (χ1v) is 5.82. The van der Waals surface area contributed by atoms with E-state index in [9.17, 15) is 4.79 Å². The highest BCUT2D eigenvalue weighted by Gasteiger charge is 2.03. The third kappa shape index (κ3) is 3.69. The molecule has 88 valence electrons. The molecule has 0 saturated carbocycles. The fourth-order valence-electron chi connectivity index (χ4n) is 1.81. The molecular formula is C14H20O2. The molecule has 1 rings (SSSR count). The third-order valence-electron chi connectivity index (χ3n) is 2.72. The van der Waals surface area contributed by atoms with Gasteiger partial charge < -0.3 is 9.53 Å². The Morgan fingerprint density at radius 1 is 1.38 bits per heavy atom. The largest absolute Gasteiger partial charge is 0.496 e. The number of methoxy groups -OCH3 is 1. The normalized spacial score (nSPS) is 10.2. The van der Waals surface area contributed by atoms with Crippen molar-refractivity contribution in [2.75, 3.05) is 7.11 Å². The molecule has 0 radical (unpaired) electrons. The molecule has 0 bridgehead atoms. The van der Waals surface area contributed by atoms with Crippen LogP contribution in [0.25, 0.3) is 0 Å². The van der Waals surface area contributed by atoms with Crippen molar-refractivity contribution in [2.24, 2.45) is 0 Å². The monoisotopic (exact) mass is 220 g/mol. The molecule has 1 aromatic rings. The van der Waals surface area contributed by atoms with E-state index in [-0.39, 0.29) is 5.78 Å². The van der Waals surface area contributed by atoms with E-state index in [1.807, 2.05) is 6.07 Å². The van der Waals surface area contributed by atoms with Crippen molar-refractivity contribution in [1.29, 1.82) is 0 Å². The van der Waals surface area contributed by atoms with Crippen molar-refractivity contribution >= 4 is 5.78 Å². The minimum Gasteiger partial charge on any atom is -0.496 e. The van der Waals surface area contributed by atoms with E-state index < -0.39 is 0 Å². The van der Waals surface area contributed by atoms with Gasteiger partial charge in [0.25, 0.3) is 0 Å². The summed E-state index contributed by atoms with van der Waals surface area (Å²) in [5, 5.41) is 0. The van der Waals surface area contributed by atoms with Gasteiger partial charge >= 0.3 is 0 Å². The molecule has 0 spiro atoms. The zero-order chi connectivity index (χ0) is 12.0. The standard InChI is InChI=1S/C14H20O2/c1-4-13-10-12(7-5-6-11(2)15)8-9-14(13)16-3/h8-10H,4-7H2,1-3H3. The number of carbonyl (C=O) groups excluding carboxylic acids is 1. The van der Waals surface area contributed by atoms with Crippen LogP contribution in [0.3, 0.4) is 0 Å². The minimum atomic E-state index is 0.268. The van der Waals surface area contributed by atoms with Gasteiger partial charge in [0.1, 0.15) is 11.5 Å². The first kappa shape index (κ1) is 12.8. The number of ether oxygens (including phenoxy) is 1. The Morgan fingerprint density at radius 2 is 2.12 bits per heavy atom. The number of carbonyl (C=O) groups is 1. The molecule has 0 heterocycles. The maximum atomic E-state index is 10.8. The molecule has 0 fully saturated rings.